The molecule has 0 bridgehead atoms. The van der Waals surface area contributed by atoms with Gasteiger partial charge in [0.05, 0.1) is 32.0 Å². The first kappa shape index (κ1) is 15.5. The Morgan fingerprint density at radius 3 is 2.89 bits per heavy atom. The number of nitrogens with zero attached hydrogens (tertiary/aromatic N) is 1. The zero-order valence-corrected chi connectivity index (χ0v) is 11.8. The van der Waals surface area contributed by atoms with E-state index in [1.807, 2.05) is 19.2 Å². The minimum absolute atomic E-state index is 0.156. The van der Waals surface area contributed by atoms with Crippen molar-refractivity contribution < 1.29 is 14.6 Å². The van der Waals surface area contributed by atoms with Gasteiger partial charge in [0.15, 0.2) is 0 Å². The fourth-order valence-corrected chi connectivity index (χ4v) is 2.06. The second kappa shape index (κ2) is 9.41. The van der Waals surface area contributed by atoms with Crippen LogP contribution in [0.1, 0.15) is 24.9 Å². The van der Waals surface area contributed by atoms with Crippen LogP contribution in [-0.2, 0) is 9.47 Å². The van der Waals surface area contributed by atoms with Crippen LogP contribution in [0.3, 0.4) is 0 Å². The van der Waals surface area contributed by atoms with Crippen molar-refractivity contribution in [2.45, 2.75) is 26.0 Å². The molecule has 1 aromatic rings. The molecule has 0 radical (unpaired) electrons. The molecule has 0 saturated heterocycles. The van der Waals surface area contributed by atoms with Crippen LogP contribution in [0.2, 0.25) is 0 Å². The Kier molecular flexibility index (Phi) is 8.11. The average molecular weight is 274 g/mol. The third-order valence-corrected chi connectivity index (χ3v) is 3.33. The topological polar surface area (TPSA) is 63.6 Å². The van der Waals surface area contributed by atoms with E-state index in [4.69, 9.17) is 9.47 Å². The molecular weight excluding hydrogens is 252 g/mol. The highest BCUT2D eigenvalue weighted by atomic mass is 32.1. The Bertz CT molecular complexity index is 296. The molecule has 18 heavy (non-hydrogen) atoms. The summed E-state index contributed by atoms with van der Waals surface area (Å²) in [5, 5.41) is 15.9. The van der Waals surface area contributed by atoms with Crippen molar-refractivity contribution in [3.63, 3.8) is 0 Å². The zero-order chi connectivity index (χ0) is 13.2. The molecule has 0 aliphatic carbocycles. The lowest BCUT2D eigenvalue weighted by atomic mass is 10.3. The molecule has 2 N–H and O–H groups in total. The standard InChI is InChI=1S/C12H22N2O3S/c1-3-16-5-6-17-9-11(15)8-14-10(2)12-13-4-7-18-12/h4,7,10-11,14-15H,3,5-6,8-9H2,1-2H3. The molecule has 1 heterocycles. The van der Waals surface area contributed by atoms with Gasteiger partial charge in [0.1, 0.15) is 5.01 Å². The molecule has 1 rings (SSSR count). The first-order valence-corrected chi connectivity index (χ1v) is 7.08. The summed E-state index contributed by atoms with van der Waals surface area (Å²) in [5.74, 6) is 0. The number of nitrogens with one attached hydrogen (secondary N) is 1. The number of aromatic nitrogens is 1. The number of aliphatic hydroxyl groups is 1. The molecule has 0 aliphatic rings. The first-order chi connectivity index (χ1) is 8.74. The molecule has 0 amide bonds. The van der Waals surface area contributed by atoms with E-state index in [1.165, 1.54) is 0 Å². The highest BCUT2D eigenvalue weighted by molar-refractivity contribution is 7.09. The first-order valence-electron chi connectivity index (χ1n) is 6.20. The lowest BCUT2D eigenvalue weighted by Gasteiger charge is -2.15. The maximum absolute atomic E-state index is 9.71. The van der Waals surface area contributed by atoms with Gasteiger partial charge in [0.2, 0.25) is 0 Å². The third kappa shape index (κ3) is 6.42. The molecule has 104 valence electrons. The Hall–Kier alpha value is -0.530. The lowest BCUT2D eigenvalue weighted by Crippen LogP contribution is -2.32. The molecule has 0 aromatic carbocycles. The summed E-state index contributed by atoms with van der Waals surface area (Å²) in [6, 6.07) is 0.156. The predicted octanol–water partition coefficient (Wildman–Crippen LogP) is 1.21. The largest absolute Gasteiger partial charge is 0.389 e. The Balaban J connectivity index is 2.04. The second-order valence-electron chi connectivity index (χ2n) is 3.93. The van der Waals surface area contributed by atoms with Gasteiger partial charge in [-0.3, -0.25) is 0 Å². The molecule has 0 aliphatic heterocycles. The highest BCUT2D eigenvalue weighted by Gasteiger charge is 2.10. The van der Waals surface area contributed by atoms with Gasteiger partial charge in [-0.2, -0.15) is 0 Å². The van der Waals surface area contributed by atoms with Crippen molar-refractivity contribution in [1.29, 1.82) is 0 Å². The Morgan fingerprint density at radius 2 is 2.22 bits per heavy atom. The van der Waals surface area contributed by atoms with Crippen LogP contribution in [0.25, 0.3) is 0 Å². The molecule has 0 spiro atoms. The van der Waals surface area contributed by atoms with Crippen molar-refractivity contribution in [2.24, 2.45) is 0 Å². The van der Waals surface area contributed by atoms with Gasteiger partial charge in [-0.05, 0) is 13.8 Å². The molecule has 0 fully saturated rings. The number of ether oxygens (including phenoxy) is 2. The van der Waals surface area contributed by atoms with E-state index < -0.39 is 6.10 Å². The number of rotatable bonds is 10. The lowest BCUT2D eigenvalue weighted by molar-refractivity contribution is 0.00586. The quantitative estimate of drug-likeness (QED) is 0.628. The molecule has 1 aromatic heterocycles. The van der Waals surface area contributed by atoms with E-state index in [9.17, 15) is 5.11 Å². The third-order valence-electron chi connectivity index (χ3n) is 2.37. The monoisotopic (exact) mass is 274 g/mol. The van der Waals surface area contributed by atoms with E-state index in [2.05, 4.69) is 10.3 Å². The van der Waals surface area contributed by atoms with Crippen LogP contribution < -0.4 is 5.32 Å². The molecular formula is C12H22N2O3S. The van der Waals surface area contributed by atoms with E-state index in [0.717, 1.165) is 5.01 Å². The average Bonchev–Trinajstić information content (AvgIpc) is 2.89. The maximum atomic E-state index is 9.71. The normalized spacial score (nSPS) is 14.6. The van der Waals surface area contributed by atoms with Gasteiger partial charge in [0, 0.05) is 24.7 Å². The summed E-state index contributed by atoms with van der Waals surface area (Å²) in [6.45, 7) is 6.58. The van der Waals surface area contributed by atoms with Crippen LogP contribution in [0.4, 0.5) is 0 Å². The van der Waals surface area contributed by atoms with Crippen LogP contribution in [0, 0.1) is 0 Å². The van der Waals surface area contributed by atoms with Crippen molar-refractivity contribution >= 4 is 11.3 Å². The van der Waals surface area contributed by atoms with Gasteiger partial charge in [-0.15, -0.1) is 11.3 Å². The van der Waals surface area contributed by atoms with E-state index >= 15 is 0 Å². The summed E-state index contributed by atoms with van der Waals surface area (Å²) in [7, 11) is 0. The smallest absolute Gasteiger partial charge is 0.109 e. The van der Waals surface area contributed by atoms with Crippen LogP contribution >= 0.6 is 11.3 Å². The van der Waals surface area contributed by atoms with Crippen LogP contribution in [0.5, 0.6) is 0 Å². The summed E-state index contributed by atoms with van der Waals surface area (Å²) >= 11 is 1.61. The van der Waals surface area contributed by atoms with Crippen molar-refractivity contribution in [1.82, 2.24) is 10.3 Å². The Morgan fingerprint density at radius 1 is 1.44 bits per heavy atom. The van der Waals surface area contributed by atoms with E-state index in [0.29, 0.717) is 33.0 Å². The Labute approximate surface area is 112 Å². The van der Waals surface area contributed by atoms with Gasteiger partial charge in [0.25, 0.3) is 0 Å². The fourth-order valence-electron chi connectivity index (χ4n) is 1.39. The van der Waals surface area contributed by atoms with E-state index in [1.54, 1.807) is 17.5 Å². The molecule has 0 saturated carbocycles. The van der Waals surface area contributed by atoms with E-state index in [-0.39, 0.29) is 6.04 Å². The fraction of sp³-hybridized carbons (Fsp3) is 0.750. The number of hydrogen-bond donors (Lipinski definition) is 2. The highest BCUT2D eigenvalue weighted by Crippen LogP contribution is 2.14. The molecule has 2 unspecified atom stereocenters. The minimum atomic E-state index is -0.506. The summed E-state index contributed by atoms with van der Waals surface area (Å²) in [6.07, 6.45) is 1.28. The van der Waals surface area contributed by atoms with Crippen molar-refractivity contribution in [3.05, 3.63) is 16.6 Å². The van der Waals surface area contributed by atoms with Gasteiger partial charge < -0.3 is 19.9 Å². The summed E-state index contributed by atoms with van der Waals surface area (Å²) in [4.78, 5) is 4.22. The molecule has 2 atom stereocenters. The predicted molar refractivity (Wildman–Crippen MR) is 71.9 cm³/mol. The van der Waals surface area contributed by atoms with Crippen molar-refractivity contribution in [2.75, 3.05) is 33.0 Å². The van der Waals surface area contributed by atoms with Gasteiger partial charge in [-0.25, -0.2) is 4.98 Å². The van der Waals surface area contributed by atoms with Crippen LogP contribution in [0.15, 0.2) is 11.6 Å². The minimum Gasteiger partial charge on any atom is -0.389 e. The number of hydrogen-bond acceptors (Lipinski definition) is 6. The number of aliphatic hydroxyl groups excluding tert-OH is 1. The SMILES string of the molecule is CCOCCOCC(O)CNC(C)c1nccs1. The van der Waals surface area contributed by atoms with Gasteiger partial charge >= 0.3 is 0 Å². The summed E-state index contributed by atoms with van der Waals surface area (Å²) in [5.41, 5.74) is 0. The summed E-state index contributed by atoms with van der Waals surface area (Å²) < 4.78 is 10.4. The molecule has 6 heteroatoms. The van der Waals surface area contributed by atoms with Crippen LogP contribution in [-0.4, -0.2) is 49.2 Å². The van der Waals surface area contributed by atoms with Crippen molar-refractivity contribution in [3.8, 4) is 0 Å². The zero-order valence-electron chi connectivity index (χ0n) is 11.0. The molecule has 5 nitrogen and oxygen atoms in total. The second-order valence-corrected chi connectivity index (χ2v) is 4.85. The van der Waals surface area contributed by atoms with Gasteiger partial charge in [-0.1, -0.05) is 0 Å². The maximum Gasteiger partial charge on any atom is 0.109 e. The number of thiazole rings is 1.